The quantitative estimate of drug-likeness (QED) is 0.636. The van der Waals surface area contributed by atoms with Gasteiger partial charge in [-0.05, 0) is 82.9 Å². The Morgan fingerprint density at radius 2 is 2.00 bits per heavy atom. The minimum atomic E-state index is 0.544. The second-order valence-electron chi connectivity index (χ2n) is 7.58. The Bertz CT molecular complexity index is 588. The van der Waals surface area contributed by atoms with Crippen LogP contribution in [0, 0.1) is 0 Å². The molecule has 5 nitrogen and oxygen atoms in total. The van der Waals surface area contributed by atoms with Crippen LogP contribution in [0.2, 0.25) is 0 Å². The highest BCUT2D eigenvalue weighted by Crippen LogP contribution is 2.27. The molecule has 2 aliphatic rings. The van der Waals surface area contributed by atoms with Crippen molar-refractivity contribution in [3.63, 3.8) is 0 Å². The molecule has 1 aromatic carbocycles. The number of anilines is 1. The first-order valence-corrected chi connectivity index (χ1v) is 9.70. The topological polar surface area (TPSA) is 56.9 Å². The summed E-state index contributed by atoms with van der Waals surface area (Å²) < 4.78 is 0. The number of hydrogen-bond acceptors (Lipinski definition) is 3. The number of benzene rings is 1. The average molecular weight is 344 g/mol. The molecule has 1 aliphatic carbocycles. The molecule has 138 valence electrons. The molecule has 0 amide bonds. The van der Waals surface area contributed by atoms with Crippen molar-refractivity contribution in [3.05, 3.63) is 29.3 Å². The van der Waals surface area contributed by atoms with Crippen molar-refractivity contribution in [1.82, 2.24) is 9.80 Å². The fourth-order valence-corrected chi connectivity index (χ4v) is 4.05. The fourth-order valence-electron chi connectivity index (χ4n) is 4.05. The van der Waals surface area contributed by atoms with Crippen LogP contribution in [0.25, 0.3) is 0 Å². The molecule has 0 bridgehead atoms. The normalized spacial score (nSPS) is 19.9. The minimum absolute atomic E-state index is 0.544. The molecular formula is C20H33N5. The molecule has 3 rings (SSSR count). The molecule has 1 heterocycles. The molecule has 0 saturated carbocycles. The van der Waals surface area contributed by atoms with Crippen molar-refractivity contribution in [2.45, 2.75) is 44.6 Å². The second-order valence-corrected chi connectivity index (χ2v) is 7.58. The lowest BCUT2D eigenvalue weighted by Crippen LogP contribution is -2.42. The van der Waals surface area contributed by atoms with E-state index in [1.54, 1.807) is 0 Å². The van der Waals surface area contributed by atoms with Gasteiger partial charge in [-0.15, -0.1) is 0 Å². The highest BCUT2D eigenvalue weighted by Gasteiger charge is 2.20. The molecule has 1 aromatic rings. The zero-order chi connectivity index (χ0) is 17.6. The SMILES string of the molecule is CN(C)C1CCN(CCN=C(N)Nc2cccc3c2CCCC3)CC1. The van der Waals surface area contributed by atoms with Crippen molar-refractivity contribution in [3.8, 4) is 0 Å². The predicted molar refractivity (Wildman–Crippen MR) is 106 cm³/mol. The Hall–Kier alpha value is -1.59. The standard InChI is InChI=1S/C20H33N5/c1-24(2)17-10-13-25(14-11-17)15-12-22-20(21)23-19-9-5-7-16-6-3-4-8-18(16)19/h5,7,9,17H,3-4,6,8,10-15H2,1-2H3,(H3,21,22,23). The number of aliphatic imine (C=N–C) groups is 1. The highest BCUT2D eigenvalue weighted by molar-refractivity contribution is 5.93. The molecule has 0 aromatic heterocycles. The molecule has 0 radical (unpaired) electrons. The maximum Gasteiger partial charge on any atom is 0.193 e. The lowest BCUT2D eigenvalue weighted by atomic mass is 9.90. The Balaban J connectivity index is 1.47. The second kappa shape index (κ2) is 8.68. The number of hydrogen-bond donors (Lipinski definition) is 2. The van der Waals surface area contributed by atoms with Gasteiger partial charge in [0, 0.05) is 18.3 Å². The maximum atomic E-state index is 6.13. The van der Waals surface area contributed by atoms with Gasteiger partial charge >= 0.3 is 0 Å². The monoisotopic (exact) mass is 343 g/mol. The van der Waals surface area contributed by atoms with Crippen LogP contribution in [0.4, 0.5) is 5.69 Å². The summed E-state index contributed by atoms with van der Waals surface area (Å²) in [6, 6.07) is 7.22. The molecule has 0 atom stereocenters. The van der Waals surface area contributed by atoms with Crippen LogP contribution in [0.15, 0.2) is 23.2 Å². The van der Waals surface area contributed by atoms with Gasteiger partial charge in [0.15, 0.2) is 5.96 Å². The Kier molecular flexibility index (Phi) is 6.32. The van der Waals surface area contributed by atoms with Crippen LogP contribution in [0.5, 0.6) is 0 Å². The molecule has 1 aliphatic heterocycles. The van der Waals surface area contributed by atoms with E-state index < -0.39 is 0 Å². The smallest absolute Gasteiger partial charge is 0.193 e. The highest BCUT2D eigenvalue weighted by atomic mass is 15.2. The third-order valence-corrected chi connectivity index (χ3v) is 5.64. The van der Waals surface area contributed by atoms with Crippen LogP contribution in [-0.4, -0.2) is 62.1 Å². The van der Waals surface area contributed by atoms with Gasteiger partial charge in [0.05, 0.1) is 6.54 Å². The van der Waals surface area contributed by atoms with Gasteiger partial charge in [0.25, 0.3) is 0 Å². The third kappa shape index (κ3) is 4.95. The van der Waals surface area contributed by atoms with E-state index in [-0.39, 0.29) is 0 Å². The molecule has 1 saturated heterocycles. The minimum Gasteiger partial charge on any atom is -0.370 e. The van der Waals surface area contributed by atoms with Crippen molar-refractivity contribution in [2.24, 2.45) is 10.7 Å². The number of piperidine rings is 1. The van der Waals surface area contributed by atoms with Crippen molar-refractivity contribution < 1.29 is 0 Å². The number of nitrogens with zero attached hydrogens (tertiary/aromatic N) is 3. The summed E-state index contributed by atoms with van der Waals surface area (Å²) in [7, 11) is 4.36. The first-order chi connectivity index (χ1) is 12.1. The van der Waals surface area contributed by atoms with E-state index in [2.05, 4.69) is 52.4 Å². The summed E-state index contributed by atoms with van der Waals surface area (Å²) in [5, 5.41) is 3.33. The van der Waals surface area contributed by atoms with Gasteiger partial charge in [0.1, 0.15) is 0 Å². The van der Waals surface area contributed by atoms with Crippen LogP contribution >= 0.6 is 0 Å². The summed E-state index contributed by atoms with van der Waals surface area (Å²) in [5.41, 5.74) is 10.2. The lowest BCUT2D eigenvalue weighted by molar-refractivity contribution is 0.148. The summed E-state index contributed by atoms with van der Waals surface area (Å²) in [4.78, 5) is 9.39. The van der Waals surface area contributed by atoms with E-state index in [9.17, 15) is 0 Å². The van der Waals surface area contributed by atoms with Gasteiger partial charge < -0.3 is 20.9 Å². The van der Waals surface area contributed by atoms with E-state index in [0.29, 0.717) is 5.96 Å². The number of fused-ring (bicyclic) bond motifs is 1. The molecular weight excluding hydrogens is 310 g/mol. The van der Waals surface area contributed by atoms with Gasteiger partial charge in [-0.2, -0.15) is 0 Å². The van der Waals surface area contributed by atoms with Gasteiger partial charge in [-0.3, -0.25) is 4.99 Å². The first kappa shape index (κ1) is 18.2. The first-order valence-electron chi connectivity index (χ1n) is 9.70. The largest absolute Gasteiger partial charge is 0.370 e. The number of aryl methyl sites for hydroxylation is 1. The number of rotatable bonds is 5. The van der Waals surface area contributed by atoms with Crippen molar-refractivity contribution >= 4 is 11.6 Å². The molecule has 25 heavy (non-hydrogen) atoms. The third-order valence-electron chi connectivity index (χ3n) is 5.64. The fraction of sp³-hybridized carbons (Fsp3) is 0.650. The number of nitrogens with one attached hydrogen (secondary N) is 1. The van der Waals surface area contributed by atoms with E-state index in [0.717, 1.165) is 44.3 Å². The number of likely N-dealkylation sites (tertiary alicyclic amines) is 1. The summed E-state index contributed by atoms with van der Waals surface area (Å²) in [6.45, 7) is 4.09. The van der Waals surface area contributed by atoms with E-state index in [1.165, 1.54) is 43.2 Å². The summed E-state index contributed by atoms with van der Waals surface area (Å²) in [5.74, 6) is 0.544. The number of nitrogens with two attached hydrogens (primary N) is 1. The van der Waals surface area contributed by atoms with Gasteiger partial charge in [0.2, 0.25) is 0 Å². The molecule has 0 unspecified atom stereocenters. The van der Waals surface area contributed by atoms with Crippen LogP contribution < -0.4 is 11.1 Å². The zero-order valence-corrected chi connectivity index (χ0v) is 15.8. The average Bonchev–Trinajstić information content (AvgIpc) is 2.62. The summed E-state index contributed by atoms with van der Waals surface area (Å²) in [6.07, 6.45) is 7.40. The van der Waals surface area contributed by atoms with Gasteiger partial charge in [-0.1, -0.05) is 12.1 Å². The Labute approximate surface area is 152 Å². The van der Waals surface area contributed by atoms with Gasteiger partial charge in [-0.25, -0.2) is 0 Å². The maximum absolute atomic E-state index is 6.13. The van der Waals surface area contributed by atoms with E-state index >= 15 is 0 Å². The number of guanidine groups is 1. The zero-order valence-electron chi connectivity index (χ0n) is 15.8. The van der Waals surface area contributed by atoms with Crippen molar-refractivity contribution in [2.75, 3.05) is 45.6 Å². The van der Waals surface area contributed by atoms with Crippen LogP contribution in [-0.2, 0) is 12.8 Å². The molecule has 3 N–H and O–H groups in total. The Morgan fingerprint density at radius 3 is 2.76 bits per heavy atom. The predicted octanol–water partition coefficient (Wildman–Crippen LogP) is 2.32. The summed E-state index contributed by atoms with van der Waals surface area (Å²) >= 11 is 0. The van der Waals surface area contributed by atoms with E-state index in [1.807, 2.05) is 0 Å². The van der Waals surface area contributed by atoms with Crippen LogP contribution in [0.3, 0.4) is 0 Å². The Morgan fingerprint density at radius 1 is 1.24 bits per heavy atom. The molecule has 1 fully saturated rings. The van der Waals surface area contributed by atoms with Crippen LogP contribution in [0.1, 0.15) is 36.8 Å². The lowest BCUT2D eigenvalue weighted by Gasteiger charge is -2.34. The molecule has 5 heteroatoms. The molecule has 0 spiro atoms. The van der Waals surface area contributed by atoms with E-state index in [4.69, 9.17) is 5.73 Å². The van der Waals surface area contributed by atoms with Crippen molar-refractivity contribution in [1.29, 1.82) is 0 Å².